The van der Waals surface area contributed by atoms with Gasteiger partial charge in [0.2, 0.25) is 5.89 Å². The Kier molecular flexibility index (Phi) is 4.43. The van der Waals surface area contributed by atoms with Crippen LogP contribution in [0, 0.1) is 0 Å². The first-order chi connectivity index (χ1) is 13.4. The van der Waals surface area contributed by atoms with E-state index in [4.69, 9.17) is 4.42 Å². The molecule has 0 radical (unpaired) electrons. The van der Waals surface area contributed by atoms with Crippen molar-refractivity contribution in [2.24, 2.45) is 0 Å². The van der Waals surface area contributed by atoms with Crippen LogP contribution in [0.5, 0.6) is 0 Å². The number of alkyl halides is 7. The van der Waals surface area contributed by atoms with Gasteiger partial charge in [0, 0.05) is 10.0 Å². The normalized spacial score (nSPS) is 13.5. The minimum atomic E-state index is -6.23. The summed E-state index contributed by atoms with van der Waals surface area (Å²) in [6.45, 7) is 0. The van der Waals surface area contributed by atoms with Crippen LogP contribution in [-0.2, 0) is 5.67 Å². The SMILES string of the molecule is FC(F)(F)C(F)(c1cc(Br)c2nc(-c3cccc4ncsc34)oc2c1)C(F)(F)F. The molecule has 0 bridgehead atoms. The van der Waals surface area contributed by atoms with Crippen molar-refractivity contribution in [2.45, 2.75) is 18.0 Å². The molecule has 2 aromatic carbocycles. The van der Waals surface area contributed by atoms with Gasteiger partial charge in [-0.15, -0.1) is 11.3 Å². The Labute approximate surface area is 169 Å². The predicted octanol–water partition coefficient (Wildman–Crippen LogP) is 7.16. The molecule has 0 aliphatic carbocycles. The Hall–Kier alpha value is -2.21. The van der Waals surface area contributed by atoms with Crippen LogP contribution in [0.25, 0.3) is 32.8 Å². The lowest BCUT2D eigenvalue weighted by atomic mass is 9.94. The summed E-state index contributed by atoms with van der Waals surface area (Å²) >= 11 is 4.12. The zero-order valence-electron chi connectivity index (χ0n) is 13.7. The molecule has 4 rings (SSSR count). The van der Waals surface area contributed by atoms with Crippen molar-refractivity contribution in [3.05, 3.63) is 45.9 Å². The molecule has 0 unspecified atom stereocenters. The van der Waals surface area contributed by atoms with E-state index in [1.54, 1.807) is 23.7 Å². The molecule has 0 amide bonds. The first-order valence-corrected chi connectivity index (χ1v) is 9.36. The molecule has 152 valence electrons. The summed E-state index contributed by atoms with van der Waals surface area (Å²) in [4.78, 5) is 8.26. The molecule has 2 aromatic heterocycles. The molecule has 0 saturated carbocycles. The third kappa shape index (κ3) is 3.00. The van der Waals surface area contributed by atoms with Crippen LogP contribution in [0.4, 0.5) is 30.7 Å². The highest BCUT2D eigenvalue weighted by atomic mass is 79.9. The molecule has 0 spiro atoms. The maximum atomic E-state index is 14.4. The molecule has 12 heteroatoms. The summed E-state index contributed by atoms with van der Waals surface area (Å²) in [5.74, 6) is -0.0452. The Morgan fingerprint density at radius 1 is 0.966 bits per heavy atom. The fraction of sp³-hybridized carbons (Fsp3) is 0.176. The lowest BCUT2D eigenvalue weighted by molar-refractivity contribution is -0.348. The first-order valence-electron chi connectivity index (χ1n) is 7.69. The average Bonchev–Trinajstić information content (AvgIpc) is 3.25. The van der Waals surface area contributed by atoms with Gasteiger partial charge in [-0.1, -0.05) is 6.07 Å². The third-order valence-electron chi connectivity index (χ3n) is 4.21. The number of nitrogens with zero attached hydrogens (tertiary/aromatic N) is 2. The summed E-state index contributed by atoms with van der Waals surface area (Å²) in [7, 11) is 0. The maximum Gasteiger partial charge on any atom is 0.435 e. The monoisotopic (exact) mass is 498 g/mol. The van der Waals surface area contributed by atoms with Gasteiger partial charge in [0.05, 0.1) is 21.3 Å². The van der Waals surface area contributed by atoms with Crippen molar-refractivity contribution in [3.8, 4) is 11.5 Å². The molecule has 3 nitrogen and oxygen atoms in total. The van der Waals surface area contributed by atoms with E-state index in [1.165, 1.54) is 11.3 Å². The van der Waals surface area contributed by atoms with Crippen LogP contribution >= 0.6 is 27.3 Å². The number of halogens is 8. The Balaban J connectivity index is 1.94. The van der Waals surface area contributed by atoms with Crippen molar-refractivity contribution >= 4 is 48.6 Å². The molecule has 0 saturated heterocycles. The Morgan fingerprint density at radius 3 is 2.31 bits per heavy atom. The van der Waals surface area contributed by atoms with Gasteiger partial charge in [-0.3, -0.25) is 0 Å². The third-order valence-corrected chi connectivity index (χ3v) is 5.69. The predicted molar refractivity (Wildman–Crippen MR) is 95.2 cm³/mol. The second-order valence-corrected chi connectivity index (χ2v) is 7.69. The van der Waals surface area contributed by atoms with E-state index in [0.717, 1.165) is 0 Å². The summed E-state index contributed by atoms with van der Waals surface area (Å²) in [6, 6.07) is 5.75. The summed E-state index contributed by atoms with van der Waals surface area (Å²) in [5.41, 5.74) is -5.07. The van der Waals surface area contributed by atoms with Crippen LogP contribution in [-0.4, -0.2) is 22.3 Å². The number of hydrogen-bond donors (Lipinski definition) is 0. The van der Waals surface area contributed by atoms with Crippen molar-refractivity contribution in [1.82, 2.24) is 9.97 Å². The zero-order valence-corrected chi connectivity index (χ0v) is 16.1. The molecular weight excluding hydrogens is 493 g/mol. The maximum absolute atomic E-state index is 14.4. The minimum absolute atomic E-state index is 0.0445. The van der Waals surface area contributed by atoms with E-state index in [-0.39, 0.29) is 15.9 Å². The van der Waals surface area contributed by atoms with Crippen molar-refractivity contribution in [3.63, 3.8) is 0 Å². The van der Waals surface area contributed by atoms with Crippen molar-refractivity contribution in [1.29, 1.82) is 0 Å². The Morgan fingerprint density at radius 2 is 1.66 bits per heavy atom. The van der Waals surface area contributed by atoms with Crippen molar-refractivity contribution < 1.29 is 35.2 Å². The van der Waals surface area contributed by atoms with Gasteiger partial charge < -0.3 is 4.42 Å². The van der Waals surface area contributed by atoms with Gasteiger partial charge in [0.1, 0.15) is 5.52 Å². The Bertz CT molecular complexity index is 1210. The number of hydrogen-bond acceptors (Lipinski definition) is 4. The molecule has 0 fully saturated rings. The second kappa shape index (κ2) is 6.39. The number of rotatable bonds is 2. The lowest BCUT2D eigenvalue weighted by Crippen LogP contribution is -2.50. The molecule has 0 aliphatic heterocycles. The van der Waals surface area contributed by atoms with Crippen LogP contribution in [0.1, 0.15) is 5.56 Å². The fourth-order valence-electron chi connectivity index (χ4n) is 2.85. The van der Waals surface area contributed by atoms with Crippen LogP contribution in [0.2, 0.25) is 0 Å². The largest absolute Gasteiger partial charge is 0.436 e. The zero-order chi connectivity index (χ0) is 21.2. The molecule has 0 atom stereocenters. The molecule has 29 heavy (non-hydrogen) atoms. The highest BCUT2D eigenvalue weighted by Gasteiger charge is 2.73. The van der Waals surface area contributed by atoms with E-state index < -0.39 is 29.2 Å². The van der Waals surface area contributed by atoms with E-state index >= 15 is 0 Å². The first kappa shape index (κ1) is 20.1. The molecule has 0 N–H and O–H groups in total. The van der Waals surface area contributed by atoms with Crippen molar-refractivity contribution in [2.75, 3.05) is 0 Å². The average molecular weight is 499 g/mol. The number of fused-ring (bicyclic) bond motifs is 2. The standard InChI is InChI=1S/C17H6BrF7N2OS/c18-9-4-7(15(19,16(20,21)22)17(23,24)25)5-11-12(9)27-14(28-11)8-2-1-3-10-13(8)29-6-26-10/h1-6H. The van der Waals surface area contributed by atoms with E-state index in [0.29, 0.717) is 27.9 Å². The smallest absolute Gasteiger partial charge is 0.435 e. The van der Waals surface area contributed by atoms with Gasteiger partial charge in [-0.05, 0) is 40.2 Å². The van der Waals surface area contributed by atoms with E-state index in [9.17, 15) is 30.7 Å². The van der Waals surface area contributed by atoms with Crippen LogP contribution in [0.15, 0.2) is 44.7 Å². The number of oxazole rings is 1. The van der Waals surface area contributed by atoms with Gasteiger partial charge >= 0.3 is 18.0 Å². The number of thiazole rings is 1. The van der Waals surface area contributed by atoms with E-state index in [2.05, 4.69) is 25.9 Å². The fourth-order valence-corrected chi connectivity index (χ4v) is 4.17. The van der Waals surface area contributed by atoms with E-state index in [1.807, 2.05) is 0 Å². The highest BCUT2D eigenvalue weighted by Crippen LogP contribution is 2.54. The van der Waals surface area contributed by atoms with Crippen LogP contribution in [0.3, 0.4) is 0 Å². The van der Waals surface area contributed by atoms with Gasteiger partial charge in [0.25, 0.3) is 0 Å². The highest BCUT2D eigenvalue weighted by molar-refractivity contribution is 9.10. The van der Waals surface area contributed by atoms with Gasteiger partial charge in [0.15, 0.2) is 5.58 Å². The lowest BCUT2D eigenvalue weighted by Gasteiger charge is -2.30. The number of benzene rings is 2. The number of aromatic nitrogens is 2. The molecule has 4 aromatic rings. The van der Waals surface area contributed by atoms with Crippen LogP contribution < -0.4 is 0 Å². The molecular formula is C17H6BrF7N2OS. The molecule has 2 heterocycles. The van der Waals surface area contributed by atoms with Gasteiger partial charge in [-0.25, -0.2) is 14.4 Å². The summed E-state index contributed by atoms with van der Waals surface area (Å²) < 4.78 is 98.6. The second-order valence-electron chi connectivity index (χ2n) is 5.98. The quantitative estimate of drug-likeness (QED) is 0.275. The summed E-state index contributed by atoms with van der Waals surface area (Å²) in [5, 5.41) is 0. The minimum Gasteiger partial charge on any atom is -0.436 e. The topological polar surface area (TPSA) is 38.9 Å². The summed E-state index contributed by atoms with van der Waals surface area (Å²) in [6.07, 6.45) is -12.5. The molecule has 0 aliphatic rings. The van der Waals surface area contributed by atoms with Gasteiger partial charge in [-0.2, -0.15) is 26.3 Å².